The van der Waals surface area contributed by atoms with E-state index in [0.717, 1.165) is 38.9 Å². The summed E-state index contributed by atoms with van der Waals surface area (Å²) in [5.74, 6) is 0.184. The average Bonchev–Trinajstić information content (AvgIpc) is 3.20. The zero-order valence-corrected chi connectivity index (χ0v) is 13.5. The molecular formula is C18H22N2OS. The average molecular weight is 314 g/mol. The minimum Gasteiger partial charge on any atom is -0.354 e. The number of rotatable bonds is 6. The van der Waals surface area contributed by atoms with E-state index in [1.807, 2.05) is 6.07 Å². The van der Waals surface area contributed by atoms with E-state index in [0.29, 0.717) is 0 Å². The van der Waals surface area contributed by atoms with E-state index in [-0.39, 0.29) is 11.9 Å². The lowest BCUT2D eigenvalue weighted by atomic mass is 10.1. The number of hydrogen-bond donors (Lipinski definition) is 1. The molecule has 0 aliphatic carbocycles. The third kappa shape index (κ3) is 3.96. The summed E-state index contributed by atoms with van der Waals surface area (Å²) >= 11 is 1.70. The predicted molar refractivity (Wildman–Crippen MR) is 90.9 cm³/mol. The Kier molecular flexibility index (Phi) is 5.24. The molecule has 1 unspecified atom stereocenters. The Morgan fingerprint density at radius 3 is 2.86 bits per heavy atom. The molecule has 1 aromatic heterocycles. The predicted octanol–water partition coefficient (Wildman–Crippen LogP) is 3.07. The van der Waals surface area contributed by atoms with Crippen molar-refractivity contribution in [1.29, 1.82) is 0 Å². The van der Waals surface area contributed by atoms with Crippen LogP contribution in [0.5, 0.6) is 0 Å². The molecule has 0 saturated carbocycles. The number of hydrogen-bond acceptors (Lipinski definition) is 3. The molecule has 3 nitrogen and oxygen atoms in total. The molecule has 1 aliphatic rings. The van der Waals surface area contributed by atoms with Crippen LogP contribution in [0, 0.1) is 0 Å². The first kappa shape index (κ1) is 15.3. The summed E-state index contributed by atoms with van der Waals surface area (Å²) in [5, 5.41) is 7.32. The van der Waals surface area contributed by atoms with Crippen molar-refractivity contribution in [2.45, 2.75) is 31.8 Å². The van der Waals surface area contributed by atoms with E-state index in [9.17, 15) is 4.79 Å². The van der Waals surface area contributed by atoms with Crippen molar-refractivity contribution in [2.24, 2.45) is 0 Å². The Balaban J connectivity index is 1.50. The van der Waals surface area contributed by atoms with Gasteiger partial charge in [-0.05, 0) is 53.8 Å². The smallest absolute Gasteiger partial charge is 0.237 e. The van der Waals surface area contributed by atoms with Crippen molar-refractivity contribution in [1.82, 2.24) is 10.2 Å². The second-order valence-electron chi connectivity index (χ2n) is 5.79. The lowest BCUT2D eigenvalue weighted by Crippen LogP contribution is -2.43. The molecule has 0 radical (unpaired) electrons. The van der Waals surface area contributed by atoms with Gasteiger partial charge in [0.15, 0.2) is 0 Å². The fraction of sp³-hybridized carbons (Fsp3) is 0.389. The minimum atomic E-state index is 0.0303. The van der Waals surface area contributed by atoms with Gasteiger partial charge in [-0.2, -0.15) is 11.3 Å². The lowest BCUT2D eigenvalue weighted by Gasteiger charge is -2.23. The Morgan fingerprint density at radius 1 is 1.23 bits per heavy atom. The van der Waals surface area contributed by atoms with Crippen LogP contribution in [-0.4, -0.2) is 29.9 Å². The second kappa shape index (κ2) is 7.56. The van der Waals surface area contributed by atoms with Gasteiger partial charge in [0.1, 0.15) is 0 Å². The number of thiophene rings is 1. The van der Waals surface area contributed by atoms with Crippen molar-refractivity contribution in [3.8, 4) is 0 Å². The van der Waals surface area contributed by atoms with Gasteiger partial charge in [-0.3, -0.25) is 9.69 Å². The fourth-order valence-electron chi connectivity index (χ4n) is 3.01. The molecule has 1 N–H and O–H groups in total. The van der Waals surface area contributed by atoms with Crippen LogP contribution < -0.4 is 5.32 Å². The summed E-state index contributed by atoms with van der Waals surface area (Å²) in [6.45, 7) is 2.60. The van der Waals surface area contributed by atoms with Gasteiger partial charge in [0.25, 0.3) is 0 Å². The molecular weight excluding hydrogens is 292 g/mol. The van der Waals surface area contributed by atoms with Crippen LogP contribution in [-0.2, 0) is 17.8 Å². The Bertz CT molecular complexity index is 582. The van der Waals surface area contributed by atoms with Crippen LogP contribution in [0.4, 0.5) is 0 Å². The molecule has 4 heteroatoms. The van der Waals surface area contributed by atoms with E-state index >= 15 is 0 Å². The first-order valence-electron chi connectivity index (χ1n) is 7.90. The maximum Gasteiger partial charge on any atom is 0.237 e. The third-order valence-corrected chi connectivity index (χ3v) is 4.92. The van der Waals surface area contributed by atoms with Gasteiger partial charge in [-0.25, -0.2) is 0 Å². The SMILES string of the molecule is O=C(NCCc1ccsc1)C1CCCN1Cc1ccccc1. The van der Waals surface area contributed by atoms with E-state index in [1.165, 1.54) is 11.1 Å². The highest BCUT2D eigenvalue weighted by molar-refractivity contribution is 7.07. The molecule has 0 spiro atoms. The fourth-order valence-corrected chi connectivity index (χ4v) is 3.72. The molecule has 1 aromatic carbocycles. The third-order valence-electron chi connectivity index (χ3n) is 4.19. The standard InChI is InChI=1S/C18H22N2OS/c21-18(19-10-8-16-9-12-22-14-16)17-7-4-11-20(17)13-15-5-2-1-3-6-15/h1-3,5-6,9,12,14,17H,4,7-8,10-11,13H2,(H,19,21). The van der Waals surface area contributed by atoms with Crippen LogP contribution >= 0.6 is 11.3 Å². The summed E-state index contributed by atoms with van der Waals surface area (Å²) in [6, 6.07) is 12.6. The largest absolute Gasteiger partial charge is 0.354 e. The number of likely N-dealkylation sites (tertiary alicyclic amines) is 1. The maximum absolute atomic E-state index is 12.4. The molecule has 1 fully saturated rings. The summed E-state index contributed by atoms with van der Waals surface area (Å²) in [6.07, 6.45) is 2.99. The van der Waals surface area contributed by atoms with Crippen molar-refractivity contribution < 1.29 is 4.79 Å². The van der Waals surface area contributed by atoms with Gasteiger partial charge in [0.05, 0.1) is 6.04 Å². The zero-order chi connectivity index (χ0) is 15.2. The van der Waals surface area contributed by atoms with E-state index in [4.69, 9.17) is 0 Å². The molecule has 0 bridgehead atoms. The van der Waals surface area contributed by atoms with Gasteiger partial charge in [-0.1, -0.05) is 30.3 Å². The van der Waals surface area contributed by atoms with Gasteiger partial charge in [0, 0.05) is 13.1 Å². The highest BCUT2D eigenvalue weighted by Crippen LogP contribution is 2.20. The molecule has 2 heterocycles. The topological polar surface area (TPSA) is 32.3 Å². The first-order chi connectivity index (χ1) is 10.8. The molecule has 1 atom stereocenters. The van der Waals surface area contributed by atoms with E-state index < -0.39 is 0 Å². The van der Waals surface area contributed by atoms with Crippen LogP contribution in [0.1, 0.15) is 24.0 Å². The number of benzene rings is 1. The van der Waals surface area contributed by atoms with E-state index in [1.54, 1.807) is 11.3 Å². The molecule has 3 rings (SSSR count). The van der Waals surface area contributed by atoms with Crippen molar-refractivity contribution in [2.75, 3.05) is 13.1 Å². The lowest BCUT2D eigenvalue weighted by molar-refractivity contribution is -0.125. The van der Waals surface area contributed by atoms with Crippen LogP contribution in [0.25, 0.3) is 0 Å². The monoisotopic (exact) mass is 314 g/mol. The molecule has 1 amide bonds. The van der Waals surface area contributed by atoms with Gasteiger partial charge >= 0.3 is 0 Å². The van der Waals surface area contributed by atoms with Gasteiger partial charge in [0.2, 0.25) is 5.91 Å². The Morgan fingerprint density at radius 2 is 2.09 bits per heavy atom. The second-order valence-corrected chi connectivity index (χ2v) is 6.57. The molecule has 1 saturated heterocycles. The Hall–Kier alpha value is -1.65. The summed E-state index contributed by atoms with van der Waals surface area (Å²) in [7, 11) is 0. The van der Waals surface area contributed by atoms with Crippen molar-refractivity contribution in [3.05, 3.63) is 58.3 Å². The zero-order valence-electron chi connectivity index (χ0n) is 12.7. The number of nitrogens with zero attached hydrogens (tertiary/aromatic N) is 1. The number of carbonyl (C=O) groups is 1. The molecule has 1 aliphatic heterocycles. The summed E-state index contributed by atoms with van der Waals surface area (Å²) < 4.78 is 0. The number of carbonyl (C=O) groups excluding carboxylic acids is 1. The van der Waals surface area contributed by atoms with Crippen molar-refractivity contribution >= 4 is 17.2 Å². The highest BCUT2D eigenvalue weighted by atomic mass is 32.1. The van der Waals surface area contributed by atoms with Gasteiger partial charge < -0.3 is 5.32 Å². The van der Waals surface area contributed by atoms with Crippen LogP contribution in [0.2, 0.25) is 0 Å². The molecule has 2 aromatic rings. The highest BCUT2D eigenvalue weighted by Gasteiger charge is 2.30. The first-order valence-corrected chi connectivity index (χ1v) is 8.84. The van der Waals surface area contributed by atoms with Crippen LogP contribution in [0.15, 0.2) is 47.2 Å². The van der Waals surface area contributed by atoms with Gasteiger partial charge in [-0.15, -0.1) is 0 Å². The maximum atomic E-state index is 12.4. The normalized spacial score (nSPS) is 18.5. The minimum absolute atomic E-state index is 0.0303. The Labute approximate surface area is 136 Å². The molecule has 116 valence electrons. The summed E-state index contributed by atoms with van der Waals surface area (Å²) in [5.41, 5.74) is 2.58. The quantitative estimate of drug-likeness (QED) is 0.889. The van der Waals surface area contributed by atoms with Crippen molar-refractivity contribution in [3.63, 3.8) is 0 Å². The van der Waals surface area contributed by atoms with E-state index in [2.05, 4.69) is 51.3 Å². The van der Waals surface area contributed by atoms with Crippen LogP contribution in [0.3, 0.4) is 0 Å². The number of nitrogens with one attached hydrogen (secondary N) is 1. The molecule has 22 heavy (non-hydrogen) atoms. The number of amides is 1. The summed E-state index contributed by atoms with van der Waals surface area (Å²) in [4.78, 5) is 14.7.